The van der Waals surface area contributed by atoms with Gasteiger partial charge in [0.2, 0.25) is 0 Å². The van der Waals surface area contributed by atoms with Gasteiger partial charge in [0.25, 0.3) is 0 Å². The molecular formula is C14H16N2O2S. The van der Waals surface area contributed by atoms with Gasteiger partial charge in [-0.05, 0) is 42.2 Å². The van der Waals surface area contributed by atoms with Crippen molar-refractivity contribution in [3.63, 3.8) is 0 Å². The summed E-state index contributed by atoms with van der Waals surface area (Å²) in [6, 6.07) is 8.04. The molecule has 1 aromatic carbocycles. The van der Waals surface area contributed by atoms with Crippen molar-refractivity contribution in [2.75, 3.05) is 13.2 Å². The summed E-state index contributed by atoms with van der Waals surface area (Å²) in [7, 11) is 0. The van der Waals surface area contributed by atoms with Crippen LogP contribution in [-0.4, -0.2) is 28.9 Å². The first kappa shape index (κ1) is 12.6. The lowest BCUT2D eigenvalue weighted by Gasteiger charge is -2.05. The Kier molecular flexibility index (Phi) is 3.75. The smallest absolute Gasteiger partial charge is 0.119 e. The highest BCUT2D eigenvalue weighted by Gasteiger charge is 2.23. The summed E-state index contributed by atoms with van der Waals surface area (Å²) >= 11 is 1.49. The van der Waals surface area contributed by atoms with E-state index in [0.717, 1.165) is 36.5 Å². The van der Waals surface area contributed by atoms with Gasteiger partial charge in [-0.1, -0.05) is 17.8 Å². The molecule has 0 radical (unpaired) electrons. The van der Waals surface area contributed by atoms with E-state index in [9.17, 15) is 0 Å². The van der Waals surface area contributed by atoms with Crippen LogP contribution in [0.4, 0.5) is 0 Å². The van der Waals surface area contributed by atoms with Crippen molar-refractivity contribution in [2.24, 2.45) is 0 Å². The maximum atomic E-state index is 5.62. The summed E-state index contributed by atoms with van der Waals surface area (Å²) in [6.07, 6.45) is 2.43. The van der Waals surface area contributed by atoms with Gasteiger partial charge < -0.3 is 9.47 Å². The maximum absolute atomic E-state index is 5.62. The molecule has 1 aromatic heterocycles. The van der Waals surface area contributed by atoms with Crippen LogP contribution in [0.25, 0.3) is 11.3 Å². The molecule has 0 amide bonds. The number of hydrogen-bond donors (Lipinski definition) is 0. The normalized spacial score (nSPS) is 17.4. The highest BCUT2D eigenvalue weighted by Crippen LogP contribution is 2.27. The van der Waals surface area contributed by atoms with Crippen molar-refractivity contribution >= 4 is 11.5 Å². The van der Waals surface area contributed by atoms with Crippen molar-refractivity contribution in [3.8, 4) is 17.0 Å². The van der Waals surface area contributed by atoms with Crippen LogP contribution in [-0.2, 0) is 11.2 Å². The van der Waals surface area contributed by atoms with E-state index in [1.54, 1.807) is 0 Å². The van der Waals surface area contributed by atoms with E-state index in [1.807, 2.05) is 24.3 Å². The van der Waals surface area contributed by atoms with E-state index >= 15 is 0 Å². The van der Waals surface area contributed by atoms with Crippen molar-refractivity contribution in [3.05, 3.63) is 29.1 Å². The van der Waals surface area contributed by atoms with Gasteiger partial charge in [0.05, 0.1) is 11.5 Å². The lowest BCUT2D eigenvalue weighted by molar-refractivity contribution is 0.263. The molecule has 0 spiro atoms. The van der Waals surface area contributed by atoms with Crippen molar-refractivity contribution in [2.45, 2.75) is 25.9 Å². The van der Waals surface area contributed by atoms with E-state index in [0.29, 0.717) is 12.7 Å². The summed E-state index contributed by atoms with van der Waals surface area (Å²) in [5.74, 6) is 0.875. The third-order valence-electron chi connectivity index (χ3n) is 3.00. The van der Waals surface area contributed by atoms with Crippen molar-refractivity contribution in [1.82, 2.24) is 9.59 Å². The molecule has 3 rings (SSSR count). The van der Waals surface area contributed by atoms with Gasteiger partial charge in [-0.15, -0.1) is 5.10 Å². The molecule has 1 saturated heterocycles. The molecule has 0 N–H and O–H groups in total. The van der Waals surface area contributed by atoms with Crippen LogP contribution in [0.1, 0.15) is 18.2 Å². The lowest BCUT2D eigenvalue weighted by Crippen LogP contribution is -2.03. The monoisotopic (exact) mass is 276 g/mol. The van der Waals surface area contributed by atoms with Gasteiger partial charge in [0.1, 0.15) is 24.2 Å². The van der Waals surface area contributed by atoms with Crippen LogP contribution in [0.3, 0.4) is 0 Å². The molecule has 19 heavy (non-hydrogen) atoms. The Morgan fingerprint density at radius 2 is 2.16 bits per heavy atom. The van der Waals surface area contributed by atoms with Crippen LogP contribution in [0, 0.1) is 0 Å². The number of aromatic nitrogens is 2. The van der Waals surface area contributed by atoms with E-state index in [2.05, 4.69) is 16.5 Å². The third kappa shape index (κ3) is 3.11. The highest BCUT2D eigenvalue weighted by molar-refractivity contribution is 7.05. The fourth-order valence-electron chi connectivity index (χ4n) is 1.88. The fraction of sp³-hybridized carbons (Fsp3) is 0.429. The second-order valence-electron chi connectivity index (χ2n) is 4.59. The van der Waals surface area contributed by atoms with Crippen LogP contribution in [0.15, 0.2) is 24.3 Å². The van der Waals surface area contributed by atoms with Crippen LogP contribution >= 0.6 is 11.5 Å². The molecule has 2 heterocycles. The summed E-state index contributed by atoms with van der Waals surface area (Å²) < 4.78 is 14.8. The van der Waals surface area contributed by atoms with E-state index in [4.69, 9.17) is 9.47 Å². The Bertz CT molecular complexity index is 535. The third-order valence-corrected chi connectivity index (χ3v) is 3.78. The molecule has 0 aliphatic carbocycles. The van der Waals surface area contributed by atoms with Gasteiger partial charge >= 0.3 is 0 Å². The minimum absolute atomic E-state index is 0.290. The summed E-state index contributed by atoms with van der Waals surface area (Å²) in [5, 5.41) is 4.23. The average molecular weight is 276 g/mol. The summed E-state index contributed by atoms with van der Waals surface area (Å²) in [5.41, 5.74) is 2.11. The second-order valence-corrected chi connectivity index (χ2v) is 5.42. The Hall–Kier alpha value is -1.46. The molecule has 1 unspecified atom stereocenters. The molecule has 1 atom stereocenters. The van der Waals surface area contributed by atoms with Crippen LogP contribution < -0.4 is 4.74 Å². The number of nitrogens with zero attached hydrogens (tertiary/aromatic N) is 2. The Labute approximate surface area is 116 Å². The minimum atomic E-state index is 0.290. The number of aryl methyl sites for hydroxylation is 1. The Morgan fingerprint density at radius 1 is 1.37 bits per heavy atom. The molecular weight excluding hydrogens is 260 g/mol. The number of benzene rings is 1. The zero-order valence-corrected chi connectivity index (χ0v) is 11.7. The number of hydrogen-bond acceptors (Lipinski definition) is 5. The topological polar surface area (TPSA) is 47.5 Å². The first-order valence-electron chi connectivity index (χ1n) is 6.53. The molecule has 0 saturated carbocycles. The molecule has 1 fully saturated rings. The largest absolute Gasteiger partial charge is 0.491 e. The lowest BCUT2D eigenvalue weighted by atomic mass is 10.1. The molecule has 0 bridgehead atoms. The van der Waals surface area contributed by atoms with E-state index in [1.165, 1.54) is 16.4 Å². The quantitative estimate of drug-likeness (QED) is 0.761. The van der Waals surface area contributed by atoms with Gasteiger partial charge in [-0.3, -0.25) is 0 Å². The maximum Gasteiger partial charge on any atom is 0.119 e. The molecule has 1 aliphatic heterocycles. The Balaban J connectivity index is 1.71. The van der Waals surface area contributed by atoms with Crippen LogP contribution in [0.5, 0.6) is 5.75 Å². The molecule has 1 aliphatic rings. The van der Waals surface area contributed by atoms with Crippen LogP contribution in [0.2, 0.25) is 0 Å². The summed E-state index contributed by atoms with van der Waals surface area (Å²) in [4.78, 5) is 1.25. The SMILES string of the molecule is CCCc1snnc1-c1ccc(OCC2CO2)cc1. The number of rotatable bonds is 6. The number of epoxide rings is 1. The molecule has 2 aromatic rings. The van der Waals surface area contributed by atoms with Gasteiger partial charge in [0, 0.05) is 5.56 Å². The van der Waals surface area contributed by atoms with E-state index in [-0.39, 0.29) is 0 Å². The highest BCUT2D eigenvalue weighted by atomic mass is 32.1. The summed E-state index contributed by atoms with van der Waals surface area (Å²) in [6.45, 7) is 3.63. The predicted octanol–water partition coefficient (Wildman–Crippen LogP) is 2.94. The van der Waals surface area contributed by atoms with Gasteiger partial charge in [0.15, 0.2) is 0 Å². The standard InChI is InChI=1S/C14H16N2O2S/c1-2-3-13-14(15-16-19-13)10-4-6-11(7-5-10)17-8-12-9-18-12/h4-7,12H,2-3,8-9H2,1H3. The second kappa shape index (κ2) is 5.67. The molecule has 4 nitrogen and oxygen atoms in total. The van der Waals surface area contributed by atoms with Gasteiger partial charge in [-0.25, -0.2) is 0 Å². The molecule has 5 heteroatoms. The predicted molar refractivity (Wildman–Crippen MR) is 74.6 cm³/mol. The fourth-order valence-corrected chi connectivity index (χ4v) is 2.64. The van der Waals surface area contributed by atoms with Crippen molar-refractivity contribution < 1.29 is 9.47 Å². The zero-order valence-electron chi connectivity index (χ0n) is 10.8. The van der Waals surface area contributed by atoms with Crippen molar-refractivity contribution in [1.29, 1.82) is 0 Å². The minimum Gasteiger partial charge on any atom is -0.491 e. The number of ether oxygens (including phenoxy) is 2. The first-order chi connectivity index (χ1) is 9.36. The van der Waals surface area contributed by atoms with E-state index < -0.39 is 0 Å². The Morgan fingerprint density at radius 3 is 2.84 bits per heavy atom. The zero-order chi connectivity index (χ0) is 13.1. The molecule has 100 valence electrons. The van der Waals surface area contributed by atoms with Gasteiger partial charge in [-0.2, -0.15) is 0 Å². The first-order valence-corrected chi connectivity index (χ1v) is 7.30. The average Bonchev–Trinajstić information content (AvgIpc) is 3.16.